The average Bonchev–Trinajstić information content (AvgIpc) is 3.30. The lowest BCUT2D eigenvalue weighted by atomic mass is 9.98. The minimum atomic E-state index is -0.288. The molecular weight excluding hydrogens is 508 g/mol. The number of rotatable bonds is 8. The normalized spacial score (nSPS) is 12.1. The monoisotopic (exact) mass is 537 g/mol. The lowest BCUT2D eigenvalue weighted by Gasteiger charge is -2.16. The zero-order valence-electron chi connectivity index (χ0n) is 18.0. The Kier molecular flexibility index (Phi) is 9.77. The zero-order chi connectivity index (χ0) is 21.3. The second-order valence-electron chi connectivity index (χ2n) is 7.07. The highest BCUT2D eigenvalue weighted by Gasteiger charge is 2.08. The highest BCUT2D eigenvalue weighted by Crippen LogP contribution is 2.21. The molecule has 0 fully saturated rings. The quantitative estimate of drug-likeness (QED) is 0.253. The minimum absolute atomic E-state index is 0. The van der Waals surface area contributed by atoms with E-state index >= 15 is 0 Å². The summed E-state index contributed by atoms with van der Waals surface area (Å²) in [5, 5.41) is 6.55. The molecule has 166 valence electrons. The van der Waals surface area contributed by atoms with Crippen LogP contribution in [-0.2, 0) is 6.54 Å². The third-order valence-electron chi connectivity index (χ3n) is 5.03. The molecule has 2 aromatic carbocycles. The van der Waals surface area contributed by atoms with Crippen molar-refractivity contribution in [1.82, 2.24) is 20.2 Å². The smallest absolute Gasteiger partial charge is 0.191 e. The number of aromatic nitrogens is 2. The molecule has 31 heavy (non-hydrogen) atoms. The van der Waals surface area contributed by atoms with E-state index < -0.39 is 0 Å². The van der Waals surface area contributed by atoms with E-state index in [-0.39, 0.29) is 29.8 Å². The summed E-state index contributed by atoms with van der Waals surface area (Å²) in [7, 11) is 3.40. The van der Waals surface area contributed by atoms with Crippen molar-refractivity contribution in [2.45, 2.75) is 25.8 Å². The van der Waals surface area contributed by atoms with Crippen LogP contribution in [0.15, 0.2) is 66.2 Å². The molecule has 0 saturated carbocycles. The van der Waals surface area contributed by atoms with E-state index in [1.165, 1.54) is 11.6 Å². The number of aliphatic imine (C=N–C) groups is 1. The third kappa shape index (κ3) is 6.95. The molecule has 0 aliphatic carbocycles. The van der Waals surface area contributed by atoms with E-state index in [9.17, 15) is 4.39 Å². The largest absolute Gasteiger partial charge is 0.497 e. The van der Waals surface area contributed by atoms with Gasteiger partial charge in [-0.3, -0.25) is 4.99 Å². The summed E-state index contributed by atoms with van der Waals surface area (Å²) in [6, 6.07) is 13.3. The minimum Gasteiger partial charge on any atom is -0.497 e. The van der Waals surface area contributed by atoms with Gasteiger partial charge in [-0.2, -0.15) is 0 Å². The van der Waals surface area contributed by atoms with Crippen molar-refractivity contribution in [2.24, 2.45) is 4.99 Å². The van der Waals surface area contributed by atoms with Crippen molar-refractivity contribution < 1.29 is 9.13 Å². The number of guanidine groups is 1. The predicted molar refractivity (Wildman–Crippen MR) is 133 cm³/mol. The van der Waals surface area contributed by atoms with Crippen LogP contribution in [-0.4, -0.2) is 36.2 Å². The number of imidazole rings is 1. The van der Waals surface area contributed by atoms with Gasteiger partial charge < -0.3 is 19.9 Å². The number of ether oxygens (including phenoxy) is 1. The number of nitrogens with zero attached hydrogens (tertiary/aromatic N) is 3. The molecule has 1 atom stereocenters. The molecule has 0 radical (unpaired) electrons. The molecule has 3 aromatic rings. The number of benzene rings is 2. The molecule has 2 N–H and O–H groups in total. The molecule has 3 rings (SSSR count). The first-order valence-corrected chi connectivity index (χ1v) is 9.96. The van der Waals surface area contributed by atoms with Crippen molar-refractivity contribution >= 4 is 29.9 Å². The molecule has 1 aromatic heterocycles. The van der Waals surface area contributed by atoms with Gasteiger partial charge in [0.1, 0.15) is 11.6 Å². The van der Waals surface area contributed by atoms with Gasteiger partial charge in [0.05, 0.1) is 19.1 Å². The van der Waals surface area contributed by atoms with Gasteiger partial charge in [-0.1, -0.05) is 25.1 Å². The van der Waals surface area contributed by atoms with Crippen LogP contribution in [0.5, 0.6) is 5.75 Å². The molecule has 0 amide bonds. The van der Waals surface area contributed by atoms with Crippen LogP contribution in [0.3, 0.4) is 0 Å². The first-order chi connectivity index (χ1) is 14.6. The van der Waals surface area contributed by atoms with Crippen molar-refractivity contribution in [3.63, 3.8) is 0 Å². The Bertz CT molecular complexity index is 961. The first kappa shape index (κ1) is 24.6. The summed E-state index contributed by atoms with van der Waals surface area (Å²) in [6.45, 7) is 3.46. The number of hydrogen-bond acceptors (Lipinski definition) is 3. The van der Waals surface area contributed by atoms with Gasteiger partial charge in [0.2, 0.25) is 0 Å². The average molecular weight is 537 g/mol. The van der Waals surface area contributed by atoms with E-state index in [1.807, 2.05) is 18.2 Å². The van der Waals surface area contributed by atoms with Crippen LogP contribution in [0.4, 0.5) is 4.39 Å². The van der Waals surface area contributed by atoms with Gasteiger partial charge in [-0.05, 0) is 47.7 Å². The summed E-state index contributed by atoms with van der Waals surface area (Å²) in [4.78, 5) is 8.20. The van der Waals surface area contributed by atoms with Gasteiger partial charge in [0.25, 0.3) is 0 Å². The molecule has 0 aliphatic rings. The maximum atomic E-state index is 14.4. The van der Waals surface area contributed by atoms with Gasteiger partial charge in [0.15, 0.2) is 5.96 Å². The van der Waals surface area contributed by atoms with E-state index in [0.29, 0.717) is 24.1 Å². The zero-order valence-corrected chi connectivity index (χ0v) is 20.3. The second kappa shape index (κ2) is 12.3. The maximum Gasteiger partial charge on any atom is 0.191 e. The van der Waals surface area contributed by atoms with Gasteiger partial charge in [0, 0.05) is 32.5 Å². The van der Waals surface area contributed by atoms with Crippen molar-refractivity contribution in [2.75, 3.05) is 20.7 Å². The Labute approximate surface area is 200 Å². The summed E-state index contributed by atoms with van der Waals surface area (Å²) >= 11 is 0. The Morgan fingerprint density at radius 2 is 1.97 bits per heavy atom. The molecule has 8 heteroatoms. The van der Waals surface area contributed by atoms with Crippen LogP contribution in [0, 0.1) is 5.82 Å². The van der Waals surface area contributed by atoms with Crippen LogP contribution < -0.4 is 15.4 Å². The third-order valence-corrected chi connectivity index (χ3v) is 5.03. The van der Waals surface area contributed by atoms with Crippen molar-refractivity contribution in [1.29, 1.82) is 0 Å². The maximum absolute atomic E-state index is 14.4. The first-order valence-electron chi connectivity index (χ1n) is 9.96. The Balaban J connectivity index is 0.00000341. The molecular formula is C23H29FIN5O. The van der Waals surface area contributed by atoms with Gasteiger partial charge >= 0.3 is 0 Å². The standard InChI is InChI=1S/C23H28FN5O.HI/c1-17(19-5-7-20(30-3)8-6-19)10-11-27-23(25-2)28-15-18-4-9-22(21(24)14-18)29-13-12-26-16-29;/h4-9,12-14,16-17H,10-11,15H2,1-3H3,(H2,25,27,28);1H. The fourth-order valence-corrected chi connectivity index (χ4v) is 3.18. The van der Waals surface area contributed by atoms with Crippen molar-refractivity contribution in [3.8, 4) is 11.4 Å². The van der Waals surface area contributed by atoms with Crippen LogP contribution in [0.1, 0.15) is 30.4 Å². The van der Waals surface area contributed by atoms with Crippen LogP contribution >= 0.6 is 24.0 Å². The SMILES string of the molecule is CN=C(NCCC(C)c1ccc(OC)cc1)NCc1ccc(-n2ccnc2)c(F)c1.I. The molecule has 0 aliphatic heterocycles. The highest BCUT2D eigenvalue weighted by molar-refractivity contribution is 14.0. The Hall–Kier alpha value is -2.62. The Morgan fingerprint density at radius 1 is 1.19 bits per heavy atom. The molecule has 1 unspecified atom stereocenters. The molecule has 0 spiro atoms. The number of halogens is 2. The molecule has 0 bridgehead atoms. The van der Waals surface area contributed by atoms with E-state index in [0.717, 1.165) is 24.3 Å². The fraction of sp³-hybridized carbons (Fsp3) is 0.304. The predicted octanol–water partition coefficient (Wildman–Crippen LogP) is 4.50. The number of nitrogens with one attached hydrogen (secondary N) is 2. The number of methoxy groups -OCH3 is 1. The lowest BCUT2D eigenvalue weighted by molar-refractivity contribution is 0.414. The lowest BCUT2D eigenvalue weighted by Crippen LogP contribution is -2.37. The van der Waals surface area contributed by atoms with E-state index in [2.05, 4.69) is 39.7 Å². The van der Waals surface area contributed by atoms with Crippen LogP contribution in [0.25, 0.3) is 5.69 Å². The highest BCUT2D eigenvalue weighted by atomic mass is 127. The second-order valence-corrected chi connectivity index (χ2v) is 7.07. The molecule has 6 nitrogen and oxygen atoms in total. The molecule has 0 saturated heterocycles. The number of hydrogen-bond donors (Lipinski definition) is 2. The van der Waals surface area contributed by atoms with Gasteiger partial charge in [-0.15, -0.1) is 24.0 Å². The summed E-state index contributed by atoms with van der Waals surface area (Å²) in [5.41, 5.74) is 2.59. The Morgan fingerprint density at radius 3 is 2.58 bits per heavy atom. The fourth-order valence-electron chi connectivity index (χ4n) is 3.18. The van der Waals surface area contributed by atoms with E-state index in [1.54, 1.807) is 43.5 Å². The summed E-state index contributed by atoms with van der Waals surface area (Å²) in [6.07, 6.45) is 5.88. The van der Waals surface area contributed by atoms with Crippen LogP contribution in [0.2, 0.25) is 0 Å². The van der Waals surface area contributed by atoms with Crippen molar-refractivity contribution in [3.05, 3.63) is 78.1 Å². The van der Waals surface area contributed by atoms with E-state index in [4.69, 9.17) is 4.74 Å². The van der Waals surface area contributed by atoms with Gasteiger partial charge in [-0.25, -0.2) is 9.37 Å². The molecule has 1 heterocycles. The topological polar surface area (TPSA) is 63.5 Å². The summed E-state index contributed by atoms with van der Waals surface area (Å²) < 4.78 is 21.2. The summed E-state index contributed by atoms with van der Waals surface area (Å²) in [5.74, 6) is 1.68.